The van der Waals surface area contributed by atoms with Crippen LogP contribution in [0.1, 0.15) is 36.5 Å². The number of aryl methyl sites for hydroxylation is 1. The molecule has 1 aliphatic heterocycles. The maximum absolute atomic E-state index is 12.2. The van der Waals surface area contributed by atoms with Crippen molar-refractivity contribution in [3.63, 3.8) is 0 Å². The number of carbonyl (C=O) groups is 1. The number of hydrazone groups is 1. The monoisotopic (exact) mass is 327 g/mol. The van der Waals surface area contributed by atoms with Gasteiger partial charge in [-0.3, -0.25) is 4.79 Å². The minimum Gasteiger partial charge on any atom is -0.465 e. The van der Waals surface area contributed by atoms with E-state index < -0.39 is 0 Å². The Bertz CT molecular complexity index is 751. The summed E-state index contributed by atoms with van der Waals surface area (Å²) in [6.07, 6.45) is 0.592. The number of amides is 1. The molecule has 2 atom stereocenters. The second-order valence-corrected chi connectivity index (χ2v) is 5.87. The fourth-order valence-electron chi connectivity index (χ4n) is 2.56. The highest BCUT2D eigenvalue weighted by atomic mass is 16.3. The molecular weight excluding hydrogens is 306 g/mol. The highest BCUT2D eigenvalue weighted by Gasteiger charge is 2.31. The highest BCUT2D eigenvalue weighted by molar-refractivity contribution is 5.99. The number of anilines is 1. The maximum atomic E-state index is 12.2. The van der Waals surface area contributed by atoms with Gasteiger partial charge in [-0.15, -0.1) is 0 Å². The van der Waals surface area contributed by atoms with E-state index in [-0.39, 0.29) is 18.0 Å². The Balaban J connectivity index is 1.57. The average molecular weight is 327 g/mol. The zero-order valence-electron chi connectivity index (χ0n) is 13.7. The Kier molecular flexibility index (Phi) is 4.64. The molecule has 2 unspecified atom stereocenters. The van der Waals surface area contributed by atoms with Gasteiger partial charge < -0.3 is 10.2 Å². The lowest BCUT2D eigenvalue weighted by atomic mass is 10.1. The quantitative estimate of drug-likeness (QED) is 0.388. The molecule has 0 radical (unpaired) electrons. The van der Waals surface area contributed by atoms with Crippen molar-refractivity contribution in [1.29, 1.82) is 0 Å². The summed E-state index contributed by atoms with van der Waals surface area (Å²) in [6.45, 7) is 3.73. The van der Waals surface area contributed by atoms with Gasteiger partial charge in [-0.1, -0.05) is 12.1 Å². The number of hydrogen-bond acceptors (Lipinski definition) is 6. The highest BCUT2D eigenvalue weighted by Crippen LogP contribution is 2.23. The molecule has 24 heavy (non-hydrogen) atoms. The molecule has 0 aliphatic carbocycles. The van der Waals surface area contributed by atoms with Crippen LogP contribution in [0.4, 0.5) is 5.69 Å². The van der Waals surface area contributed by atoms with Gasteiger partial charge in [-0.25, -0.2) is 16.3 Å². The number of benzene rings is 1. The first-order valence-electron chi connectivity index (χ1n) is 7.80. The van der Waals surface area contributed by atoms with Crippen LogP contribution in [0.25, 0.3) is 0 Å². The minimum atomic E-state index is -0.372. The van der Waals surface area contributed by atoms with Gasteiger partial charge in [0.15, 0.2) is 0 Å². The van der Waals surface area contributed by atoms with Crippen LogP contribution in [0.15, 0.2) is 45.9 Å². The Morgan fingerprint density at radius 1 is 1.25 bits per heavy atom. The van der Waals surface area contributed by atoms with Crippen LogP contribution in [-0.4, -0.2) is 17.7 Å². The lowest BCUT2D eigenvalue weighted by Crippen LogP contribution is -2.41. The SMILES string of the molecule is C/C(=N/NC(=O)C1CC(c2ccc(C)o2)NN1)c1ccc(N)cc1. The molecule has 1 aromatic heterocycles. The summed E-state index contributed by atoms with van der Waals surface area (Å²) in [7, 11) is 0. The van der Waals surface area contributed by atoms with Gasteiger partial charge in [0.05, 0.1) is 11.8 Å². The van der Waals surface area contributed by atoms with Gasteiger partial charge >= 0.3 is 0 Å². The molecule has 1 fully saturated rings. The van der Waals surface area contributed by atoms with E-state index >= 15 is 0 Å². The third kappa shape index (κ3) is 3.64. The molecule has 1 saturated heterocycles. The first-order chi connectivity index (χ1) is 11.5. The van der Waals surface area contributed by atoms with E-state index in [4.69, 9.17) is 10.2 Å². The summed E-state index contributed by atoms with van der Waals surface area (Å²) in [5.74, 6) is 1.48. The standard InChI is InChI=1S/C17H21N5O2/c1-10-3-8-16(24-10)14-9-15(21-20-14)17(23)22-19-11(2)12-4-6-13(18)7-5-12/h3-8,14-15,20-21H,9,18H2,1-2H3,(H,22,23)/b19-11-. The van der Waals surface area contributed by atoms with E-state index in [1.54, 1.807) is 12.1 Å². The Labute approximate surface area is 140 Å². The zero-order valence-corrected chi connectivity index (χ0v) is 13.7. The molecule has 1 amide bonds. The summed E-state index contributed by atoms with van der Waals surface area (Å²) in [5.41, 5.74) is 16.6. The molecule has 7 nitrogen and oxygen atoms in total. The van der Waals surface area contributed by atoms with E-state index in [2.05, 4.69) is 21.4 Å². The smallest absolute Gasteiger partial charge is 0.258 e. The number of nitrogens with one attached hydrogen (secondary N) is 3. The minimum absolute atomic E-state index is 0.0309. The number of carbonyl (C=O) groups excluding carboxylic acids is 1. The fourth-order valence-corrected chi connectivity index (χ4v) is 2.56. The topological polar surface area (TPSA) is 105 Å². The second kappa shape index (κ2) is 6.86. The molecule has 0 saturated carbocycles. The molecule has 7 heteroatoms. The maximum Gasteiger partial charge on any atom is 0.258 e. The number of hydrogen-bond donors (Lipinski definition) is 4. The van der Waals surface area contributed by atoms with Gasteiger partial charge in [0.25, 0.3) is 5.91 Å². The van der Waals surface area contributed by atoms with E-state index in [0.29, 0.717) is 17.8 Å². The van der Waals surface area contributed by atoms with Crippen molar-refractivity contribution in [2.75, 3.05) is 5.73 Å². The van der Waals surface area contributed by atoms with Crippen LogP contribution < -0.4 is 22.0 Å². The largest absolute Gasteiger partial charge is 0.465 e. The molecule has 0 bridgehead atoms. The molecule has 3 rings (SSSR count). The number of nitrogens with zero attached hydrogens (tertiary/aromatic N) is 1. The average Bonchev–Trinajstić information content (AvgIpc) is 3.22. The van der Waals surface area contributed by atoms with Crippen LogP contribution in [0, 0.1) is 6.92 Å². The van der Waals surface area contributed by atoms with Gasteiger partial charge in [-0.2, -0.15) is 5.10 Å². The summed E-state index contributed by atoms with van der Waals surface area (Å²) in [5, 5.41) is 4.16. The number of furan rings is 1. The van der Waals surface area contributed by atoms with Crippen LogP contribution in [0.2, 0.25) is 0 Å². The van der Waals surface area contributed by atoms with Gasteiger partial charge in [0, 0.05) is 5.69 Å². The van der Waals surface area contributed by atoms with Gasteiger partial charge in [-0.05, 0) is 50.1 Å². The summed E-state index contributed by atoms with van der Waals surface area (Å²) < 4.78 is 5.59. The molecule has 0 spiro atoms. The van der Waals surface area contributed by atoms with Crippen molar-refractivity contribution < 1.29 is 9.21 Å². The van der Waals surface area contributed by atoms with E-state index in [0.717, 1.165) is 17.1 Å². The lowest BCUT2D eigenvalue weighted by molar-refractivity contribution is -0.122. The predicted octanol–water partition coefficient (Wildman–Crippen LogP) is 1.62. The summed E-state index contributed by atoms with van der Waals surface area (Å²) in [4.78, 5) is 12.2. The second-order valence-electron chi connectivity index (χ2n) is 5.87. The molecular formula is C17H21N5O2. The van der Waals surface area contributed by atoms with Crippen molar-refractivity contribution >= 4 is 17.3 Å². The molecule has 1 aromatic carbocycles. The Hall–Kier alpha value is -2.64. The van der Waals surface area contributed by atoms with Crippen molar-refractivity contribution in [2.45, 2.75) is 32.4 Å². The molecule has 1 aliphatic rings. The number of nitrogen functional groups attached to an aromatic ring is 1. The summed E-state index contributed by atoms with van der Waals surface area (Å²) >= 11 is 0. The van der Waals surface area contributed by atoms with Crippen LogP contribution in [0.5, 0.6) is 0 Å². The van der Waals surface area contributed by atoms with E-state index in [9.17, 15) is 4.79 Å². The van der Waals surface area contributed by atoms with Crippen LogP contribution in [-0.2, 0) is 4.79 Å². The molecule has 2 heterocycles. The third-order valence-electron chi connectivity index (χ3n) is 3.99. The van der Waals surface area contributed by atoms with Crippen LogP contribution in [0.3, 0.4) is 0 Å². The Morgan fingerprint density at radius 2 is 2.00 bits per heavy atom. The first-order valence-corrected chi connectivity index (χ1v) is 7.80. The van der Waals surface area contributed by atoms with Gasteiger partial charge in [0.1, 0.15) is 17.6 Å². The summed E-state index contributed by atoms with van der Waals surface area (Å²) in [6, 6.07) is 10.8. The third-order valence-corrected chi connectivity index (χ3v) is 3.99. The molecule has 2 aromatic rings. The Morgan fingerprint density at radius 3 is 2.67 bits per heavy atom. The van der Waals surface area contributed by atoms with Crippen LogP contribution >= 0.6 is 0 Å². The number of rotatable bonds is 4. The normalized spacial score (nSPS) is 21.0. The van der Waals surface area contributed by atoms with E-state index in [1.807, 2.05) is 38.1 Å². The number of nitrogens with two attached hydrogens (primary N) is 1. The van der Waals surface area contributed by atoms with Crippen molar-refractivity contribution in [2.24, 2.45) is 5.10 Å². The van der Waals surface area contributed by atoms with Crippen molar-refractivity contribution in [3.8, 4) is 0 Å². The molecule has 5 N–H and O–H groups in total. The molecule has 126 valence electrons. The van der Waals surface area contributed by atoms with E-state index in [1.165, 1.54) is 0 Å². The van der Waals surface area contributed by atoms with Gasteiger partial charge in [0.2, 0.25) is 0 Å². The lowest BCUT2D eigenvalue weighted by Gasteiger charge is -2.08. The first kappa shape index (κ1) is 16.2. The van der Waals surface area contributed by atoms with Crippen molar-refractivity contribution in [3.05, 3.63) is 53.5 Å². The predicted molar refractivity (Wildman–Crippen MR) is 92.1 cm³/mol. The zero-order chi connectivity index (χ0) is 17.1. The number of hydrazine groups is 1. The van der Waals surface area contributed by atoms with Crippen molar-refractivity contribution in [1.82, 2.24) is 16.3 Å². The fraction of sp³-hybridized carbons (Fsp3) is 0.294.